The maximum Gasteiger partial charge on any atom is 0.416 e. The minimum atomic E-state index is -4.39. The first-order valence-corrected chi connectivity index (χ1v) is 4.24. The molecule has 1 amide bonds. The molecular weight excluding hydrogens is 221 g/mol. The Bertz CT molecular complexity index is 417. The van der Waals surface area contributed by atoms with Crippen LogP contribution in [0.1, 0.15) is 5.56 Å². The average molecular weight is 228 g/mol. The molecule has 3 nitrogen and oxygen atoms in total. The molecule has 1 rings (SSSR count). The van der Waals surface area contributed by atoms with E-state index in [1.54, 1.807) is 0 Å². The summed E-state index contributed by atoms with van der Waals surface area (Å²) < 4.78 is 36.5. The van der Waals surface area contributed by atoms with Crippen LogP contribution in [0.5, 0.6) is 0 Å². The van der Waals surface area contributed by atoms with E-state index in [1.165, 1.54) is 0 Å². The molecule has 0 aliphatic carbocycles. The van der Waals surface area contributed by atoms with E-state index in [0.29, 0.717) is 0 Å². The highest BCUT2D eigenvalue weighted by Crippen LogP contribution is 2.29. The summed E-state index contributed by atoms with van der Waals surface area (Å²) in [5.74, 6) is -0.547. The summed E-state index contributed by atoms with van der Waals surface area (Å²) in [5.41, 5.74) is -0.544. The van der Waals surface area contributed by atoms with Crippen molar-refractivity contribution in [2.75, 3.05) is 11.9 Å². The molecular formula is C10H7F3N2O. The van der Waals surface area contributed by atoms with E-state index < -0.39 is 17.6 Å². The van der Waals surface area contributed by atoms with E-state index in [9.17, 15) is 18.0 Å². The van der Waals surface area contributed by atoms with Crippen LogP contribution < -0.4 is 5.32 Å². The average Bonchev–Trinajstić information content (AvgIpc) is 2.17. The molecule has 1 aromatic carbocycles. The Kier molecular flexibility index (Phi) is 3.51. The molecule has 1 aromatic rings. The third kappa shape index (κ3) is 3.28. The van der Waals surface area contributed by atoms with Gasteiger partial charge >= 0.3 is 12.1 Å². The first kappa shape index (κ1) is 12.0. The molecule has 16 heavy (non-hydrogen) atoms. The molecule has 0 heterocycles. The van der Waals surface area contributed by atoms with Crippen molar-refractivity contribution in [3.63, 3.8) is 0 Å². The van der Waals surface area contributed by atoms with Gasteiger partial charge in [-0.3, -0.25) is 4.79 Å². The molecule has 0 atom stereocenters. The van der Waals surface area contributed by atoms with Gasteiger partial charge in [0.25, 0.3) is 6.54 Å². The van der Waals surface area contributed by atoms with Crippen molar-refractivity contribution in [3.05, 3.63) is 41.2 Å². The van der Waals surface area contributed by atoms with Crippen molar-refractivity contribution in [1.29, 1.82) is 0 Å². The van der Waals surface area contributed by atoms with E-state index in [4.69, 9.17) is 6.57 Å². The maximum atomic E-state index is 12.2. The summed E-state index contributed by atoms with van der Waals surface area (Å²) in [6.07, 6.45) is -4.39. The van der Waals surface area contributed by atoms with Crippen LogP contribution in [0.15, 0.2) is 24.3 Å². The Balaban J connectivity index is 2.73. The summed E-state index contributed by atoms with van der Waals surface area (Å²) in [4.78, 5) is 13.8. The fraction of sp³-hybridized carbons (Fsp3) is 0.200. The molecule has 0 aliphatic heterocycles. The fourth-order valence-corrected chi connectivity index (χ4v) is 1.01. The van der Waals surface area contributed by atoms with E-state index in [1.807, 2.05) is 0 Å². The number of carbonyl (C=O) groups excluding carboxylic acids is 1. The summed E-state index contributed by atoms with van der Waals surface area (Å²) >= 11 is 0. The zero-order valence-corrected chi connectivity index (χ0v) is 8.01. The first-order chi connectivity index (χ1) is 7.43. The molecule has 1 N–H and O–H groups in total. The fourth-order valence-electron chi connectivity index (χ4n) is 1.01. The summed E-state index contributed by atoms with van der Waals surface area (Å²) in [6, 6.07) is 4.02. The standard InChI is InChI=1S/C10H7F3N2O/c1-14-6-9(16)15-8-4-2-7(3-5-8)10(11,12)13/h2-5H,6H2,(H,15,16). The maximum absolute atomic E-state index is 12.2. The number of hydrogen-bond acceptors (Lipinski definition) is 1. The molecule has 0 saturated carbocycles. The lowest BCUT2D eigenvalue weighted by molar-refractivity contribution is -0.137. The van der Waals surface area contributed by atoms with Crippen LogP contribution >= 0.6 is 0 Å². The summed E-state index contributed by atoms with van der Waals surface area (Å²) in [6.45, 7) is 6.08. The second kappa shape index (κ2) is 4.66. The van der Waals surface area contributed by atoms with Gasteiger partial charge in [0, 0.05) is 5.69 Å². The van der Waals surface area contributed by atoms with Gasteiger partial charge in [-0.25, -0.2) is 6.57 Å². The van der Waals surface area contributed by atoms with Gasteiger partial charge in [-0.15, -0.1) is 0 Å². The molecule has 0 bridgehead atoms. The molecule has 84 valence electrons. The Morgan fingerprint density at radius 3 is 2.31 bits per heavy atom. The monoisotopic (exact) mass is 228 g/mol. The Morgan fingerprint density at radius 2 is 1.88 bits per heavy atom. The summed E-state index contributed by atoms with van der Waals surface area (Å²) in [7, 11) is 0. The lowest BCUT2D eigenvalue weighted by Gasteiger charge is -2.07. The molecule has 0 spiro atoms. The number of alkyl halides is 3. The van der Waals surface area contributed by atoms with Crippen molar-refractivity contribution in [2.24, 2.45) is 0 Å². The van der Waals surface area contributed by atoms with Gasteiger partial charge in [-0.1, -0.05) is 0 Å². The van der Waals surface area contributed by atoms with Crippen LogP contribution in [0.4, 0.5) is 18.9 Å². The third-order valence-corrected chi connectivity index (χ3v) is 1.72. The largest absolute Gasteiger partial charge is 0.416 e. The second-order valence-corrected chi connectivity index (χ2v) is 2.94. The Hall–Kier alpha value is -2.03. The number of anilines is 1. The Morgan fingerprint density at radius 1 is 1.31 bits per heavy atom. The quantitative estimate of drug-likeness (QED) is 0.775. The van der Waals surface area contributed by atoms with Crippen LogP contribution in [-0.4, -0.2) is 12.5 Å². The number of amides is 1. The second-order valence-electron chi connectivity index (χ2n) is 2.94. The minimum Gasteiger partial charge on any atom is -0.320 e. The molecule has 0 saturated heterocycles. The number of carbonyl (C=O) groups is 1. The van der Waals surface area contributed by atoms with Gasteiger partial charge in [0.2, 0.25) is 0 Å². The molecule has 0 unspecified atom stereocenters. The van der Waals surface area contributed by atoms with Crippen LogP contribution in [0.2, 0.25) is 0 Å². The molecule has 6 heteroatoms. The van der Waals surface area contributed by atoms with Crippen molar-refractivity contribution in [1.82, 2.24) is 0 Å². The predicted octanol–water partition coefficient (Wildman–Crippen LogP) is 2.56. The van der Waals surface area contributed by atoms with Crippen molar-refractivity contribution in [3.8, 4) is 0 Å². The van der Waals surface area contributed by atoms with E-state index in [-0.39, 0.29) is 12.2 Å². The molecule has 0 aliphatic rings. The zero-order valence-electron chi connectivity index (χ0n) is 8.01. The van der Waals surface area contributed by atoms with Gasteiger partial charge in [-0.2, -0.15) is 13.2 Å². The van der Waals surface area contributed by atoms with Crippen LogP contribution in [0.3, 0.4) is 0 Å². The number of halogens is 3. The van der Waals surface area contributed by atoms with Gasteiger partial charge in [0.1, 0.15) is 0 Å². The van der Waals surface area contributed by atoms with Gasteiger partial charge in [0.05, 0.1) is 5.56 Å². The third-order valence-electron chi connectivity index (χ3n) is 1.72. The Labute approximate surface area is 89.7 Å². The van der Waals surface area contributed by atoms with Gasteiger partial charge in [-0.05, 0) is 24.3 Å². The highest BCUT2D eigenvalue weighted by Gasteiger charge is 2.29. The molecule has 0 radical (unpaired) electrons. The molecule has 0 fully saturated rings. The molecule has 0 aromatic heterocycles. The van der Waals surface area contributed by atoms with E-state index in [0.717, 1.165) is 24.3 Å². The van der Waals surface area contributed by atoms with Gasteiger partial charge in [0.15, 0.2) is 0 Å². The summed E-state index contributed by atoms with van der Waals surface area (Å²) in [5, 5.41) is 2.30. The number of nitrogens with zero attached hydrogens (tertiary/aromatic N) is 1. The van der Waals surface area contributed by atoms with E-state index in [2.05, 4.69) is 10.2 Å². The number of nitrogens with one attached hydrogen (secondary N) is 1. The van der Waals surface area contributed by atoms with Crippen LogP contribution in [-0.2, 0) is 11.0 Å². The van der Waals surface area contributed by atoms with Crippen LogP contribution in [0.25, 0.3) is 4.85 Å². The minimum absolute atomic E-state index is 0.238. The van der Waals surface area contributed by atoms with Gasteiger partial charge < -0.3 is 10.2 Å². The number of rotatable bonds is 2. The lowest BCUT2D eigenvalue weighted by atomic mass is 10.2. The predicted molar refractivity (Wildman–Crippen MR) is 51.5 cm³/mol. The smallest absolute Gasteiger partial charge is 0.320 e. The normalized spacial score (nSPS) is 10.6. The highest BCUT2D eigenvalue weighted by atomic mass is 19.4. The SMILES string of the molecule is [C-]#[N+]CC(=O)Nc1ccc(C(F)(F)F)cc1. The van der Waals surface area contributed by atoms with Crippen molar-refractivity contribution < 1.29 is 18.0 Å². The highest BCUT2D eigenvalue weighted by molar-refractivity contribution is 5.93. The van der Waals surface area contributed by atoms with Crippen LogP contribution in [0, 0.1) is 6.57 Å². The van der Waals surface area contributed by atoms with E-state index >= 15 is 0 Å². The zero-order chi connectivity index (χ0) is 12.2. The van der Waals surface area contributed by atoms with Crippen molar-refractivity contribution >= 4 is 11.6 Å². The first-order valence-electron chi connectivity index (χ1n) is 4.24. The number of hydrogen-bond donors (Lipinski definition) is 1. The van der Waals surface area contributed by atoms with Crippen molar-refractivity contribution in [2.45, 2.75) is 6.18 Å². The lowest BCUT2D eigenvalue weighted by Crippen LogP contribution is -2.14. The topological polar surface area (TPSA) is 33.5 Å². The number of benzene rings is 1.